The lowest BCUT2D eigenvalue weighted by atomic mass is 9.88. The summed E-state index contributed by atoms with van der Waals surface area (Å²) < 4.78 is 23.4. The zero-order chi connectivity index (χ0) is 18.7. The lowest BCUT2D eigenvalue weighted by Crippen LogP contribution is -2.35. The predicted octanol–water partition coefficient (Wildman–Crippen LogP) is 3.00. The summed E-state index contributed by atoms with van der Waals surface area (Å²) in [4.78, 5) is 12.6. The zero-order valence-electron chi connectivity index (χ0n) is 15.1. The van der Waals surface area contributed by atoms with Crippen LogP contribution in [0.1, 0.15) is 35.6 Å². The Morgan fingerprint density at radius 2 is 1.96 bits per heavy atom. The van der Waals surface area contributed by atoms with Crippen molar-refractivity contribution in [2.45, 2.75) is 37.1 Å². The standard InChI is InChI=1S/C20H24N2O3S/c1-14-10-11-16(26(2,24)25)12-19(14)21-13-20(23)22-18-9-5-7-15-6-3-4-8-17(15)18/h3-4,6,8,10-12,18,21H,5,7,9,13H2,1-2H3,(H,22,23)/t18-/m1/s1. The largest absolute Gasteiger partial charge is 0.376 e. The van der Waals surface area contributed by atoms with Crippen LogP contribution in [0, 0.1) is 6.92 Å². The molecule has 1 atom stereocenters. The van der Waals surface area contributed by atoms with Crippen LogP contribution in [-0.2, 0) is 21.1 Å². The summed E-state index contributed by atoms with van der Waals surface area (Å²) in [5.41, 5.74) is 4.05. The molecule has 138 valence electrons. The van der Waals surface area contributed by atoms with Gasteiger partial charge in [0.15, 0.2) is 9.84 Å². The molecule has 1 amide bonds. The van der Waals surface area contributed by atoms with Crippen LogP contribution in [0.2, 0.25) is 0 Å². The van der Waals surface area contributed by atoms with Gasteiger partial charge in [-0.15, -0.1) is 0 Å². The molecule has 0 fully saturated rings. The van der Waals surface area contributed by atoms with Crippen molar-refractivity contribution in [2.75, 3.05) is 18.1 Å². The number of hydrogen-bond acceptors (Lipinski definition) is 4. The van der Waals surface area contributed by atoms with Gasteiger partial charge in [-0.25, -0.2) is 8.42 Å². The molecular weight excluding hydrogens is 348 g/mol. The number of aryl methyl sites for hydroxylation is 2. The number of amides is 1. The van der Waals surface area contributed by atoms with Gasteiger partial charge in [0.1, 0.15) is 0 Å². The Labute approximate surface area is 154 Å². The summed E-state index contributed by atoms with van der Waals surface area (Å²) in [5, 5.41) is 6.15. The Morgan fingerprint density at radius 1 is 1.19 bits per heavy atom. The molecule has 0 heterocycles. The number of fused-ring (bicyclic) bond motifs is 1. The van der Waals surface area contributed by atoms with Crippen molar-refractivity contribution in [3.63, 3.8) is 0 Å². The summed E-state index contributed by atoms with van der Waals surface area (Å²) in [7, 11) is -3.28. The number of benzene rings is 2. The highest BCUT2D eigenvalue weighted by Crippen LogP contribution is 2.29. The van der Waals surface area contributed by atoms with E-state index in [9.17, 15) is 13.2 Å². The molecule has 0 bridgehead atoms. The molecule has 0 saturated carbocycles. The second-order valence-corrected chi connectivity index (χ2v) is 8.83. The predicted molar refractivity (Wildman–Crippen MR) is 103 cm³/mol. The van der Waals surface area contributed by atoms with Gasteiger partial charge in [-0.2, -0.15) is 0 Å². The summed E-state index contributed by atoms with van der Waals surface area (Å²) in [6.45, 7) is 1.98. The third kappa shape index (κ3) is 4.25. The molecule has 2 aromatic carbocycles. The van der Waals surface area contributed by atoms with E-state index in [1.807, 2.05) is 19.1 Å². The van der Waals surface area contributed by atoms with Gasteiger partial charge >= 0.3 is 0 Å². The Kier molecular flexibility index (Phi) is 5.32. The molecule has 0 aromatic heterocycles. The monoisotopic (exact) mass is 372 g/mol. The first kappa shape index (κ1) is 18.5. The number of rotatable bonds is 5. The number of sulfone groups is 1. The van der Waals surface area contributed by atoms with Gasteiger partial charge in [0.2, 0.25) is 5.91 Å². The number of carbonyl (C=O) groups is 1. The average molecular weight is 372 g/mol. The Hall–Kier alpha value is -2.34. The van der Waals surface area contributed by atoms with Crippen LogP contribution >= 0.6 is 0 Å². The maximum absolute atomic E-state index is 12.4. The molecule has 6 heteroatoms. The molecule has 0 spiro atoms. The molecule has 26 heavy (non-hydrogen) atoms. The van der Waals surface area contributed by atoms with Crippen molar-refractivity contribution in [1.82, 2.24) is 5.32 Å². The quantitative estimate of drug-likeness (QED) is 0.846. The minimum Gasteiger partial charge on any atom is -0.376 e. The van der Waals surface area contributed by atoms with Gasteiger partial charge in [-0.05, 0) is 55.0 Å². The van der Waals surface area contributed by atoms with Gasteiger partial charge < -0.3 is 10.6 Å². The molecule has 1 aliphatic carbocycles. The molecule has 0 saturated heterocycles. The third-order valence-electron chi connectivity index (χ3n) is 4.78. The molecule has 2 aromatic rings. The fraction of sp³-hybridized carbons (Fsp3) is 0.350. The van der Waals surface area contributed by atoms with Gasteiger partial charge in [-0.3, -0.25) is 4.79 Å². The lowest BCUT2D eigenvalue weighted by Gasteiger charge is -2.26. The topological polar surface area (TPSA) is 75.3 Å². The van der Waals surface area contributed by atoms with E-state index in [0.717, 1.165) is 24.8 Å². The average Bonchev–Trinajstić information content (AvgIpc) is 2.60. The maximum atomic E-state index is 12.4. The summed E-state index contributed by atoms with van der Waals surface area (Å²) in [5.74, 6) is -0.101. The molecule has 0 radical (unpaired) electrons. The highest BCUT2D eigenvalue weighted by Gasteiger charge is 2.21. The smallest absolute Gasteiger partial charge is 0.239 e. The first-order chi connectivity index (χ1) is 12.3. The summed E-state index contributed by atoms with van der Waals surface area (Å²) in [6.07, 6.45) is 4.23. The molecule has 5 nitrogen and oxygen atoms in total. The highest BCUT2D eigenvalue weighted by molar-refractivity contribution is 7.90. The van der Waals surface area contributed by atoms with Crippen molar-refractivity contribution < 1.29 is 13.2 Å². The molecule has 2 N–H and O–H groups in total. The Bertz CT molecular complexity index is 922. The van der Waals surface area contributed by atoms with Gasteiger partial charge in [-0.1, -0.05) is 30.3 Å². The normalized spacial score (nSPS) is 16.6. The fourth-order valence-electron chi connectivity index (χ4n) is 3.35. The number of hydrogen-bond donors (Lipinski definition) is 2. The Balaban J connectivity index is 1.65. The fourth-order valence-corrected chi connectivity index (χ4v) is 3.99. The maximum Gasteiger partial charge on any atom is 0.239 e. The molecule has 3 rings (SSSR count). The van der Waals surface area contributed by atoms with Crippen LogP contribution < -0.4 is 10.6 Å². The molecule has 0 aliphatic heterocycles. The van der Waals surface area contributed by atoms with E-state index in [4.69, 9.17) is 0 Å². The first-order valence-electron chi connectivity index (χ1n) is 8.76. The third-order valence-corrected chi connectivity index (χ3v) is 5.89. The van der Waals surface area contributed by atoms with Crippen molar-refractivity contribution in [1.29, 1.82) is 0 Å². The number of nitrogens with one attached hydrogen (secondary N) is 2. The second kappa shape index (κ2) is 7.50. The second-order valence-electron chi connectivity index (χ2n) is 6.81. The van der Waals surface area contributed by atoms with Crippen LogP contribution in [0.4, 0.5) is 5.69 Å². The molecule has 1 aliphatic rings. The van der Waals surface area contributed by atoms with Crippen LogP contribution in [0.15, 0.2) is 47.4 Å². The lowest BCUT2D eigenvalue weighted by molar-refractivity contribution is -0.120. The van der Waals surface area contributed by atoms with E-state index >= 15 is 0 Å². The van der Waals surface area contributed by atoms with Crippen LogP contribution in [0.25, 0.3) is 0 Å². The first-order valence-corrected chi connectivity index (χ1v) is 10.7. The van der Waals surface area contributed by atoms with E-state index in [2.05, 4.69) is 22.8 Å². The molecular formula is C20H24N2O3S. The molecule has 0 unspecified atom stereocenters. The van der Waals surface area contributed by atoms with Gasteiger partial charge in [0, 0.05) is 11.9 Å². The SMILES string of the molecule is Cc1ccc(S(C)(=O)=O)cc1NCC(=O)N[C@@H]1CCCc2ccccc21. The van der Waals surface area contributed by atoms with Crippen LogP contribution in [0.3, 0.4) is 0 Å². The minimum atomic E-state index is -3.28. The zero-order valence-corrected chi connectivity index (χ0v) is 15.9. The minimum absolute atomic E-state index is 0.0395. The summed E-state index contributed by atoms with van der Waals surface area (Å²) in [6, 6.07) is 13.2. The van der Waals surface area contributed by atoms with Crippen LogP contribution in [-0.4, -0.2) is 27.1 Å². The van der Waals surface area contributed by atoms with Crippen molar-refractivity contribution in [3.05, 3.63) is 59.2 Å². The summed E-state index contributed by atoms with van der Waals surface area (Å²) >= 11 is 0. The van der Waals surface area contributed by atoms with E-state index < -0.39 is 9.84 Å². The van der Waals surface area contributed by atoms with E-state index in [-0.39, 0.29) is 23.4 Å². The highest BCUT2D eigenvalue weighted by atomic mass is 32.2. The van der Waals surface area contributed by atoms with E-state index in [0.29, 0.717) is 5.69 Å². The Morgan fingerprint density at radius 3 is 2.73 bits per heavy atom. The van der Waals surface area contributed by atoms with E-state index in [1.54, 1.807) is 18.2 Å². The van der Waals surface area contributed by atoms with Crippen LogP contribution in [0.5, 0.6) is 0 Å². The number of anilines is 1. The number of carbonyl (C=O) groups excluding carboxylic acids is 1. The van der Waals surface area contributed by atoms with E-state index in [1.165, 1.54) is 17.4 Å². The van der Waals surface area contributed by atoms with Crippen molar-refractivity contribution in [2.24, 2.45) is 0 Å². The van der Waals surface area contributed by atoms with Gasteiger partial charge in [0.25, 0.3) is 0 Å². The van der Waals surface area contributed by atoms with Gasteiger partial charge in [0.05, 0.1) is 17.5 Å². The van der Waals surface area contributed by atoms with Crippen molar-refractivity contribution in [3.8, 4) is 0 Å². The van der Waals surface area contributed by atoms with Crippen molar-refractivity contribution >= 4 is 21.4 Å².